The van der Waals surface area contributed by atoms with E-state index in [4.69, 9.17) is 4.74 Å². The number of aryl methyl sites for hydroxylation is 1. The third-order valence-corrected chi connectivity index (χ3v) is 3.36. The highest BCUT2D eigenvalue weighted by Crippen LogP contribution is 2.22. The first-order valence-corrected chi connectivity index (χ1v) is 6.86. The van der Waals surface area contributed by atoms with E-state index in [9.17, 15) is 4.79 Å². The average Bonchev–Trinajstić information content (AvgIpc) is 2.79. The molecule has 2 aromatic rings. The van der Waals surface area contributed by atoms with Crippen LogP contribution in [0.1, 0.15) is 29.4 Å². The Kier molecular flexibility index (Phi) is 4.37. The van der Waals surface area contributed by atoms with Crippen molar-refractivity contribution in [3.05, 3.63) is 46.2 Å². The molecule has 0 fully saturated rings. The molecule has 0 aliphatic heterocycles. The van der Waals surface area contributed by atoms with Crippen molar-refractivity contribution < 1.29 is 9.53 Å². The number of methoxy groups -OCH3 is 1. The van der Waals surface area contributed by atoms with Crippen LogP contribution in [0.25, 0.3) is 0 Å². The summed E-state index contributed by atoms with van der Waals surface area (Å²) in [6.07, 6.45) is 2.58. The van der Waals surface area contributed by atoms with Crippen LogP contribution >= 0.6 is 15.9 Å². The van der Waals surface area contributed by atoms with Crippen molar-refractivity contribution in [2.75, 3.05) is 7.11 Å². The number of carbonyl (C=O) groups is 1. The van der Waals surface area contributed by atoms with Crippen molar-refractivity contribution in [3.63, 3.8) is 0 Å². The molecule has 0 amide bonds. The van der Waals surface area contributed by atoms with Crippen molar-refractivity contribution >= 4 is 21.7 Å². The molecule has 1 heterocycles. The van der Waals surface area contributed by atoms with Gasteiger partial charge in [-0.25, -0.2) is 0 Å². The lowest BCUT2D eigenvalue weighted by Crippen LogP contribution is -2.12. The number of aromatic nitrogens is 2. The zero-order valence-electron chi connectivity index (χ0n) is 10.9. The van der Waals surface area contributed by atoms with Gasteiger partial charge in [0.25, 0.3) is 0 Å². The van der Waals surface area contributed by atoms with Crippen LogP contribution in [0.4, 0.5) is 0 Å². The molecule has 2 rings (SSSR count). The third kappa shape index (κ3) is 2.87. The number of hydrogen-bond acceptors (Lipinski definition) is 3. The molecule has 0 saturated carbocycles. The highest BCUT2D eigenvalue weighted by Gasteiger charge is 2.18. The number of carbonyl (C=O) groups excluding carboxylic acids is 1. The number of hydrogen-bond donors (Lipinski definition) is 0. The van der Waals surface area contributed by atoms with Crippen molar-refractivity contribution in [2.45, 2.75) is 19.9 Å². The third-order valence-electron chi connectivity index (χ3n) is 2.78. The van der Waals surface area contributed by atoms with Gasteiger partial charge in [0.1, 0.15) is 11.4 Å². The van der Waals surface area contributed by atoms with E-state index in [0.29, 0.717) is 21.5 Å². The molecule has 0 atom stereocenters. The van der Waals surface area contributed by atoms with E-state index in [1.54, 1.807) is 36.2 Å². The number of halogens is 1. The van der Waals surface area contributed by atoms with E-state index >= 15 is 0 Å². The van der Waals surface area contributed by atoms with E-state index in [2.05, 4.69) is 28.0 Å². The maximum Gasteiger partial charge on any atom is 0.212 e. The van der Waals surface area contributed by atoms with Crippen LogP contribution in [0.2, 0.25) is 0 Å². The van der Waals surface area contributed by atoms with Gasteiger partial charge in [-0.15, -0.1) is 0 Å². The number of rotatable bonds is 5. The fourth-order valence-corrected chi connectivity index (χ4v) is 2.35. The van der Waals surface area contributed by atoms with Gasteiger partial charge in [0.2, 0.25) is 5.78 Å². The van der Waals surface area contributed by atoms with Gasteiger partial charge < -0.3 is 4.74 Å². The van der Waals surface area contributed by atoms with Gasteiger partial charge in [-0.05, 0) is 34.5 Å². The predicted molar refractivity (Wildman–Crippen MR) is 76.6 cm³/mol. The summed E-state index contributed by atoms with van der Waals surface area (Å²) >= 11 is 3.39. The lowest BCUT2D eigenvalue weighted by atomic mass is 10.1. The first kappa shape index (κ1) is 13.8. The van der Waals surface area contributed by atoms with Gasteiger partial charge in [-0.2, -0.15) is 5.10 Å². The van der Waals surface area contributed by atoms with Gasteiger partial charge in [0, 0.05) is 12.1 Å². The Morgan fingerprint density at radius 2 is 2.26 bits per heavy atom. The molecule has 0 bridgehead atoms. The van der Waals surface area contributed by atoms with Gasteiger partial charge in [-0.3, -0.25) is 9.48 Å². The molecule has 1 aromatic heterocycles. The molecule has 19 heavy (non-hydrogen) atoms. The number of benzene rings is 1. The monoisotopic (exact) mass is 322 g/mol. The van der Waals surface area contributed by atoms with Crippen LogP contribution in [0.5, 0.6) is 5.75 Å². The molecule has 0 unspecified atom stereocenters. The molecule has 4 nitrogen and oxygen atoms in total. The first-order valence-electron chi connectivity index (χ1n) is 6.07. The van der Waals surface area contributed by atoms with Gasteiger partial charge >= 0.3 is 0 Å². The Hall–Kier alpha value is -1.62. The topological polar surface area (TPSA) is 44.1 Å². The van der Waals surface area contributed by atoms with Crippen LogP contribution in [0.15, 0.2) is 34.9 Å². The van der Waals surface area contributed by atoms with Crippen molar-refractivity contribution in [2.24, 2.45) is 0 Å². The summed E-state index contributed by atoms with van der Waals surface area (Å²) in [5.41, 5.74) is 1.17. The Morgan fingerprint density at radius 1 is 1.47 bits per heavy atom. The number of ether oxygens (including phenoxy) is 1. The van der Waals surface area contributed by atoms with Crippen LogP contribution in [-0.2, 0) is 6.54 Å². The van der Waals surface area contributed by atoms with Gasteiger partial charge in [0.15, 0.2) is 0 Å². The molecule has 5 heteroatoms. The zero-order chi connectivity index (χ0) is 13.8. The Labute approximate surface area is 120 Å². The molecular formula is C14H15BrN2O2. The van der Waals surface area contributed by atoms with Crippen molar-refractivity contribution in [1.82, 2.24) is 9.78 Å². The van der Waals surface area contributed by atoms with Crippen LogP contribution < -0.4 is 4.74 Å². The molecule has 0 saturated heterocycles. The highest BCUT2D eigenvalue weighted by atomic mass is 79.9. The van der Waals surface area contributed by atoms with E-state index in [-0.39, 0.29) is 5.78 Å². The lowest BCUT2D eigenvalue weighted by molar-refractivity contribution is 0.102. The Morgan fingerprint density at radius 3 is 2.95 bits per heavy atom. The fourth-order valence-electron chi connectivity index (χ4n) is 1.87. The quantitative estimate of drug-likeness (QED) is 0.793. The van der Waals surface area contributed by atoms with Crippen LogP contribution in [-0.4, -0.2) is 22.7 Å². The maximum absolute atomic E-state index is 12.5. The van der Waals surface area contributed by atoms with Crippen LogP contribution in [0.3, 0.4) is 0 Å². The molecular weight excluding hydrogens is 308 g/mol. The number of ketones is 1. The maximum atomic E-state index is 12.5. The molecule has 0 spiro atoms. The highest BCUT2D eigenvalue weighted by molar-refractivity contribution is 9.10. The first-order chi connectivity index (χ1) is 9.17. The summed E-state index contributed by atoms with van der Waals surface area (Å²) in [5, 5.41) is 4.21. The summed E-state index contributed by atoms with van der Waals surface area (Å²) in [4.78, 5) is 12.5. The summed E-state index contributed by atoms with van der Waals surface area (Å²) in [7, 11) is 1.58. The second-order valence-electron chi connectivity index (χ2n) is 4.13. The molecule has 100 valence electrons. The van der Waals surface area contributed by atoms with Gasteiger partial charge in [-0.1, -0.05) is 19.1 Å². The molecule has 0 radical (unpaired) electrons. The van der Waals surface area contributed by atoms with E-state index < -0.39 is 0 Å². The number of nitrogens with zero attached hydrogens (tertiary/aromatic N) is 2. The minimum Gasteiger partial charge on any atom is -0.497 e. The molecule has 0 aliphatic rings. The Bertz CT molecular complexity index is 593. The average molecular weight is 323 g/mol. The second-order valence-corrected chi connectivity index (χ2v) is 4.98. The van der Waals surface area contributed by atoms with E-state index in [1.165, 1.54) is 0 Å². The van der Waals surface area contributed by atoms with E-state index in [1.807, 2.05) is 6.07 Å². The molecule has 1 aromatic carbocycles. The standard InChI is InChI=1S/C14H15BrN2O2/c1-3-7-17-13(12(15)9-16-17)14(18)10-5-4-6-11(8-10)19-2/h4-6,8-9H,3,7H2,1-2H3. The molecule has 0 aliphatic carbocycles. The summed E-state index contributed by atoms with van der Waals surface area (Å²) in [5.74, 6) is 0.611. The summed E-state index contributed by atoms with van der Waals surface area (Å²) in [6.45, 7) is 2.77. The van der Waals surface area contributed by atoms with Crippen molar-refractivity contribution in [1.29, 1.82) is 0 Å². The van der Waals surface area contributed by atoms with Crippen LogP contribution in [0, 0.1) is 0 Å². The minimum atomic E-state index is -0.0586. The summed E-state index contributed by atoms with van der Waals surface area (Å²) < 4.78 is 7.59. The smallest absolute Gasteiger partial charge is 0.212 e. The summed E-state index contributed by atoms with van der Waals surface area (Å²) in [6, 6.07) is 7.13. The normalized spacial score (nSPS) is 10.5. The van der Waals surface area contributed by atoms with Crippen molar-refractivity contribution in [3.8, 4) is 5.75 Å². The molecule has 0 N–H and O–H groups in total. The van der Waals surface area contributed by atoms with Gasteiger partial charge in [0.05, 0.1) is 17.8 Å². The lowest BCUT2D eigenvalue weighted by Gasteiger charge is -2.07. The SMILES string of the molecule is CCCn1ncc(Br)c1C(=O)c1cccc(OC)c1. The largest absolute Gasteiger partial charge is 0.497 e. The minimum absolute atomic E-state index is 0.0586. The fraction of sp³-hybridized carbons (Fsp3) is 0.286. The van der Waals surface area contributed by atoms with E-state index in [0.717, 1.165) is 13.0 Å². The second kappa shape index (κ2) is 6.02. The predicted octanol–water partition coefficient (Wildman–Crippen LogP) is 3.30. The Balaban J connectivity index is 2.40. The zero-order valence-corrected chi connectivity index (χ0v) is 12.5.